The molecule has 0 unspecified atom stereocenters. The molecule has 5 nitrogen and oxygen atoms in total. The third kappa shape index (κ3) is 9.14. The van der Waals surface area contributed by atoms with Crippen molar-refractivity contribution in [2.45, 2.75) is 64.7 Å². The summed E-state index contributed by atoms with van der Waals surface area (Å²) in [5.74, 6) is 0.706. The monoisotopic (exact) mass is 376 g/mol. The number of para-hydroxylation sites is 2. The van der Waals surface area contributed by atoms with Crippen LogP contribution in [0.3, 0.4) is 0 Å². The molecule has 0 saturated carbocycles. The number of nitrogens with one attached hydrogen (secondary N) is 1. The summed E-state index contributed by atoms with van der Waals surface area (Å²) >= 11 is 0. The molecule has 1 N–H and O–H groups in total. The van der Waals surface area contributed by atoms with E-state index < -0.39 is 6.09 Å². The Morgan fingerprint density at radius 2 is 1.74 bits per heavy atom. The van der Waals surface area contributed by atoms with E-state index in [2.05, 4.69) is 17.1 Å². The van der Waals surface area contributed by atoms with Crippen LogP contribution >= 0.6 is 0 Å². The molecular weight excluding hydrogens is 340 g/mol. The average molecular weight is 377 g/mol. The van der Waals surface area contributed by atoms with Gasteiger partial charge in [0.1, 0.15) is 12.4 Å². The molecule has 1 aromatic carbocycles. The number of hydrogen-bond donors (Lipinski definition) is 1. The third-order valence-corrected chi connectivity index (χ3v) is 4.97. The van der Waals surface area contributed by atoms with Crippen LogP contribution in [0.15, 0.2) is 24.3 Å². The van der Waals surface area contributed by atoms with Crippen molar-refractivity contribution in [3.63, 3.8) is 0 Å². The molecule has 0 radical (unpaired) electrons. The largest absolute Gasteiger partial charge is 0.491 e. The molecule has 1 saturated heterocycles. The summed E-state index contributed by atoms with van der Waals surface area (Å²) in [6, 6.07) is 7.55. The summed E-state index contributed by atoms with van der Waals surface area (Å²) in [5.41, 5.74) is 0.672. The van der Waals surface area contributed by atoms with Crippen LogP contribution in [0.5, 0.6) is 5.75 Å². The van der Waals surface area contributed by atoms with Gasteiger partial charge in [0.15, 0.2) is 0 Å². The van der Waals surface area contributed by atoms with Crippen molar-refractivity contribution in [1.82, 2.24) is 4.90 Å². The molecule has 0 aliphatic carbocycles. The summed E-state index contributed by atoms with van der Waals surface area (Å²) in [6.45, 7) is 6.34. The normalized spacial score (nSPS) is 15.1. The number of nitrogens with zero attached hydrogens (tertiary/aromatic N) is 1. The first-order chi connectivity index (χ1) is 13.3. The van der Waals surface area contributed by atoms with E-state index in [1.54, 1.807) is 0 Å². The maximum atomic E-state index is 12.1. The van der Waals surface area contributed by atoms with Crippen molar-refractivity contribution in [2.75, 3.05) is 38.2 Å². The minimum atomic E-state index is -0.413. The molecule has 1 aromatic rings. The number of carbonyl (C=O) groups excluding carboxylic acids is 1. The molecule has 1 aliphatic rings. The van der Waals surface area contributed by atoms with Gasteiger partial charge in [0.25, 0.3) is 0 Å². The Kier molecular flexibility index (Phi) is 10.7. The molecule has 1 heterocycles. The number of amides is 1. The van der Waals surface area contributed by atoms with Crippen LogP contribution in [-0.4, -0.2) is 43.8 Å². The summed E-state index contributed by atoms with van der Waals surface area (Å²) in [5, 5.41) is 2.82. The van der Waals surface area contributed by atoms with Gasteiger partial charge in [-0.3, -0.25) is 10.2 Å². The van der Waals surface area contributed by atoms with Crippen molar-refractivity contribution in [1.29, 1.82) is 0 Å². The Morgan fingerprint density at radius 1 is 1.00 bits per heavy atom. The van der Waals surface area contributed by atoms with Gasteiger partial charge >= 0.3 is 6.09 Å². The first kappa shape index (κ1) is 21.5. The smallest absolute Gasteiger partial charge is 0.411 e. The molecule has 0 aromatic heterocycles. The molecule has 0 spiro atoms. The van der Waals surface area contributed by atoms with E-state index in [1.807, 2.05) is 24.3 Å². The SMILES string of the molecule is CCCCCCCOc1ccccc1NC(=O)OCCN1CCCCCC1. The van der Waals surface area contributed by atoms with Gasteiger partial charge in [-0.1, -0.05) is 57.6 Å². The lowest BCUT2D eigenvalue weighted by Crippen LogP contribution is -2.30. The highest BCUT2D eigenvalue weighted by atomic mass is 16.5. The van der Waals surface area contributed by atoms with Crippen LogP contribution in [-0.2, 0) is 4.74 Å². The predicted molar refractivity (Wildman–Crippen MR) is 111 cm³/mol. The lowest BCUT2D eigenvalue weighted by molar-refractivity contribution is 0.140. The maximum Gasteiger partial charge on any atom is 0.411 e. The summed E-state index contributed by atoms with van der Waals surface area (Å²) in [4.78, 5) is 14.5. The molecule has 1 fully saturated rings. The highest BCUT2D eigenvalue weighted by molar-refractivity contribution is 5.86. The number of anilines is 1. The Hall–Kier alpha value is -1.75. The van der Waals surface area contributed by atoms with E-state index >= 15 is 0 Å². The zero-order valence-electron chi connectivity index (χ0n) is 16.9. The maximum absolute atomic E-state index is 12.1. The fraction of sp³-hybridized carbons (Fsp3) is 0.682. The lowest BCUT2D eigenvalue weighted by Gasteiger charge is -2.19. The highest BCUT2D eigenvalue weighted by Gasteiger charge is 2.11. The molecule has 27 heavy (non-hydrogen) atoms. The van der Waals surface area contributed by atoms with E-state index in [4.69, 9.17) is 9.47 Å². The van der Waals surface area contributed by atoms with Gasteiger partial charge in [-0.25, -0.2) is 4.79 Å². The zero-order valence-corrected chi connectivity index (χ0v) is 16.9. The van der Waals surface area contributed by atoms with E-state index in [1.165, 1.54) is 51.4 Å². The van der Waals surface area contributed by atoms with Gasteiger partial charge in [-0.15, -0.1) is 0 Å². The number of benzene rings is 1. The van der Waals surface area contributed by atoms with Crippen LogP contribution < -0.4 is 10.1 Å². The number of likely N-dealkylation sites (tertiary alicyclic amines) is 1. The van der Waals surface area contributed by atoms with Gasteiger partial charge in [-0.05, 0) is 44.5 Å². The van der Waals surface area contributed by atoms with Crippen LogP contribution in [0.25, 0.3) is 0 Å². The van der Waals surface area contributed by atoms with E-state index in [9.17, 15) is 4.79 Å². The topological polar surface area (TPSA) is 50.8 Å². The number of unbranched alkanes of at least 4 members (excludes halogenated alkanes) is 4. The van der Waals surface area contributed by atoms with Gasteiger partial charge in [0.2, 0.25) is 0 Å². The molecular formula is C22H36N2O3. The van der Waals surface area contributed by atoms with E-state index in [0.717, 1.165) is 26.1 Å². The van der Waals surface area contributed by atoms with Crippen molar-refractivity contribution >= 4 is 11.8 Å². The fourth-order valence-corrected chi connectivity index (χ4v) is 3.36. The molecule has 1 aliphatic heterocycles. The van der Waals surface area contributed by atoms with Crippen LogP contribution in [0, 0.1) is 0 Å². The Balaban J connectivity index is 1.68. The number of carbonyl (C=O) groups is 1. The molecule has 2 rings (SSSR count). The van der Waals surface area contributed by atoms with Crippen molar-refractivity contribution < 1.29 is 14.3 Å². The summed E-state index contributed by atoms with van der Waals surface area (Å²) in [7, 11) is 0. The standard InChI is InChI=1S/C22H36N2O3/c1-2-3-4-7-12-18-26-21-14-9-8-13-20(21)23-22(25)27-19-17-24-15-10-5-6-11-16-24/h8-9,13-14H,2-7,10-12,15-19H2,1H3,(H,23,25). The molecule has 0 bridgehead atoms. The Morgan fingerprint density at radius 3 is 2.52 bits per heavy atom. The minimum Gasteiger partial charge on any atom is -0.491 e. The first-order valence-electron chi connectivity index (χ1n) is 10.7. The van der Waals surface area contributed by atoms with E-state index in [0.29, 0.717) is 24.7 Å². The zero-order chi connectivity index (χ0) is 19.2. The number of hydrogen-bond acceptors (Lipinski definition) is 4. The van der Waals surface area contributed by atoms with Crippen molar-refractivity contribution in [2.24, 2.45) is 0 Å². The van der Waals surface area contributed by atoms with Crippen molar-refractivity contribution in [3.8, 4) is 5.75 Å². The molecule has 5 heteroatoms. The Bertz CT molecular complexity index is 528. The van der Waals surface area contributed by atoms with Gasteiger partial charge < -0.3 is 9.47 Å². The van der Waals surface area contributed by atoms with Crippen molar-refractivity contribution in [3.05, 3.63) is 24.3 Å². The average Bonchev–Trinajstić information content (AvgIpc) is 2.95. The van der Waals surface area contributed by atoms with Crippen LogP contribution in [0.2, 0.25) is 0 Å². The van der Waals surface area contributed by atoms with Crippen LogP contribution in [0.4, 0.5) is 10.5 Å². The molecule has 1 amide bonds. The summed E-state index contributed by atoms with van der Waals surface area (Å²) < 4.78 is 11.2. The minimum absolute atomic E-state index is 0.413. The second kappa shape index (κ2) is 13.4. The third-order valence-electron chi connectivity index (χ3n) is 4.97. The lowest BCUT2D eigenvalue weighted by atomic mass is 10.2. The quantitative estimate of drug-likeness (QED) is 0.521. The van der Waals surface area contributed by atoms with Gasteiger partial charge in [0.05, 0.1) is 12.3 Å². The van der Waals surface area contributed by atoms with Gasteiger partial charge in [0, 0.05) is 6.54 Å². The number of ether oxygens (including phenoxy) is 2. The van der Waals surface area contributed by atoms with Crippen LogP contribution in [0.1, 0.15) is 64.7 Å². The highest BCUT2D eigenvalue weighted by Crippen LogP contribution is 2.24. The van der Waals surface area contributed by atoms with E-state index in [-0.39, 0.29) is 0 Å². The first-order valence-corrected chi connectivity index (χ1v) is 10.7. The number of rotatable bonds is 11. The summed E-state index contributed by atoms with van der Waals surface area (Å²) in [6.07, 6.45) is 10.7. The molecule has 0 atom stereocenters. The second-order valence-corrected chi connectivity index (χ2v) is 7.28. The molecule has 152 valence electrons. The van der Waals surface area contributed by atoms with Gasteiger partial charge in [-0.2, -0.15) is 0 Å². The Labute approximate surface area is 164 Å². The fourth-order valence-electron chi connectivity index (χ4n) is 3.36. The second-order valence-electron chi connectivity index (χ2n) is 7.28. The predicted octanol–water partition coefficient (Wildman–Crippen LogP) is 5.46.